The van der Waals surface area contributed by atoms with E-state index in [1.54, 1.807) is 0 Å². The molecule has 19 nitrogen and oxygen atoms in total. The van der Waals surface area contributed by atoms with Crippen LogP contribution >= 0.6 is 0 Å². The predicted molar refractivity (Wildman–Crippen MR) is 425 cm³/mol. The molecule has 3 aliphatic rings. The van der Waals surface area contributed by atoms with Gasteiger partial charge in [-0.1, -0.05) is 399 Å². The molecule has 3 aliphatic heterocycles. The molecule has 19 heteroatoms. The fourth-order valence-electron chi connectivity index (χ4n) is 16.0. The van der Waals surface area contributed by atoms with Gasteiger partial charge >= 0.3 is 0 Å². The average Bonchev–Trinajstić information content (AvgIpc) is 0.781. The van der Waals surface area contributed by atoms with E-state index in [-0.39, 0.29) is 18.9 Å². The predicted octanol–water partition coefficient (Wildman–Crippen LogP) is 16.9. The Hall–Kier alpha value is -1.21. The maximum absolute atomic E-state index is 13.5. The molecule has 0 saturated carbocycles. The minimum absolute atomic E-state index is 0.231. The zero-order chi connectivity index (χ0) is 76.7. The number of unbranched alkanes of at least 4 members (excludes halogenated alkanes) is 59. The molecule has 0 spiro atoms. The number of rotatable bonds is 75. The Morgan fingerprint density at radius 1 is 0.302 bits per heavy atom. The highest BCUT2D eigenvalue weighted by Crippen LogP contribution is 2.34. The van der Waals surface area contributed by atoms with Crippen molar-refractivity contribution in [3.8, 4) is 0 Å². The van der Waals surface area contributed by atoms with Crippen molar-refractivity contribution in [1.82, 2.24) is 5.32 Å². The Kier molecular flexibility index (Phi) is 63.7. The van der Waals surface area contributed by atoms with E-state index in [2.05, 4.69) is 19.2 Å². The van der Waals surface area contributed by atoms with Crippen LogP contribution in [0.3, 0.4) is 0 Å². The summed E-state index contributed by atoms with van der Waals surface area (Å²) in [7, 11) is 0. The van der Waals surface area contributed by atoms with Crippen molar-refractivity contribution in [3.63, 3.8) is 0 Å². The summed E-state index contributed by atoms with van der Waals surface area (Å²) in [6.45, 7) is 1.89. The molecule has 3 saturated heterocycles. The number of nitrogens with one attached hydrogen (secondary N) is 1. The molecule has 0 aromatic heterocycles. The number of carbonyl (C=O) groups excluding carboxylic acids is 1. The van der Waals surface area contributed by atoms with Gasteiger partial charge in [-0.25, -0.2) is 0 Å². The van der Waals surface area contributed by atoms with Crippen LogP contribution in [0.4, 0.5) is 0 Å². The first-order chi connectivity index (χ1) is 51.8. The van der Waals surface area contributed by atoms with Crippen LogP contribution in [0, 0.1) is 0 Å². The van der Waals surface area contributed by atoms with Gasteiger partial charge in [-0.15, -0.1) is 0 Å². The minimum Gasteiger partial charge on any atom is -0.394 e. The van der Waals surface area contributed by atoms with Gasteiger partial charge in [-0.3, -0.25) is 4.79 Å². The number of hydrogen-bond donors (Lipinski definition) is 12. The molecule has 0 aromatic rings. The number of hydrogen-bond acceptors (Lipinski definition) is 18. The Bertz CT molecular complexity index is 1910. The average molecular weight is 1520 g/mol. The van der Waals surface area contributed by atoms with Crippen molar-refractivity contribution < 1.29 is 89.4 Å². The standard InChI is InChI=1S/C87H169NO18/c1-3-5-7-9-11-13-15-17-19-21-23-25-27-29-31-33-34-35-37-38-40-42-44-46-48-50-52-54-56-58-60-62-64-71(92)70(88-75(93)65-63-61-59-57-55-53-51-49-47-45-43-41-39-36-32-30-28-26-24-22-20-18-16-14-12-10-8-6-4-2)69-101-85-81(99)78(96)83(73(67-90)103-85)106-87-82(100)79(97)84(74(68-91)104-87)105-86-80(98)77(95)76(94)72(66-89)102-86/h70-74,76-87,89-92,94-100H,3-69H2,1-2H3,(H,88,93). The van der Waals surface area contributed by atoms with Crippen LogP contribution in [0.2, 0.25) is 0 Å². The Morgan fingerprint density at radius 2 is 0.538 bits per heavy atom. The molecule has 3 fully saturated rings. The molecule has 106 heavy (non-hydrogen) atoms. The molecule has 3 rings (SSSR count). The third kappa shape index (κ3) is 46.8. The van der Waals surface area contributed by atoms with E-state index >= 15 is 0 Å². The van der Waals surface area contributed by atoms with Gasteiger partial charge in [0, 0.05) is 6.42 Å². The van der Waals surface area contributed by atoms with Gasteiger partial charge in [-0.05, 0) is 12.8 Å². The van der Waals surface area contributed by atoms with Gasteiger partial charge in [-0.2, -0.15) is 0 Å². The van der Waals surface area contributed by atoms with Gasteiger partial charge in [0.25, 0.3) is 0 Å². The summed E-state index contributed by atoms with van der Waals surface area (Å²) in [5.74, 6) is -0.231. The van der Waals surface area contributed by atoms with Crippen LogP contribution in [0.1, 0.15) is 418 Å². The highest BCUT2D eigenvalue weighted by Gasteiger charge is 2.54. The summed E-state index contributed by atoms with van der Waals surface area (Å²) in [5, 5.41) is 121. The summed E-state index contributed by atoms with van der Waals surface area (Å²) >= 11 is 0. The van der Waals surface area contributed by atoms with E-state index in [1.165, 1.54) is 340 Å². The molecular formula is C87H169NO18. The second-order valence-electron chi connectivity index (χ2n) is 32.8. The topological polar surface area (TPSA) is 307 Å². The zero-order valence-corrected chi connectivity index (χ0v) is 68.0. The SMILES string of the molecule is CCCCCCCCCCCCCCCCCCCCCCCCCCCCCCCCCCC(O)C(COC1OC(CO)C(OC2OC(CO)C(OC3OC(CO)C(O)C(O)C3O)C(O)C2O)C(O)C1O)NC(=O)CCCCCCCCCCCCCCCCCCCCCCCCCCCCCCC. The van der Waals surface area contributed by atoms with Crippen molar-refractivity contribution >= 4 is 5.91 Å². The first-order valence-electron chi connectivity index (χ1n) is 45.3. The summed E-state index contributed by atoms with van der Waals surface area (Å²) < 4.78 is 34.6. The van der Waals surface area contributed by atoms with Crippen molar-refractivity contribution in [2.24, 2.45) is 0 Å². The summed E-state index contributed by atoms with van der Waals surface area (Å²) in [6, 6.07) is -0.884. The second-order valence-corrected chi connectivity index (χ2v) is 32.8. The molecule has 0 aromatic carbocycles. The van der Waals surface area contributed by atoms with E-state index < -0.39 is 124 Å². The van der Waals surface area contributed by atoms with Gasteiger partial charge in [0.15, 0.2) is 18.9 Å². The normalized spacial score (nSPS) is 25.5. The molecular weight excluding hydrogens is 1350 g/mol. The fourth-order valence-corrected chi connectivity index (χ4v) is 16.0. The third-order valence-corrected chi connectivity index (χ3v) is 23.2. The van der Waals surface area contributed by atoms with E-state index in [0.29, 0.717) is 12.8 Å². The lowest BCUT2D eigenvalue weighted by atomic mass is 9.96. The lowest BCUT2D eigenvalue weighted by Crippen LogP contribution is -2.66. The molecule has 3 heterocycles. The van der Waals surface area contributed by atoms with E-state index in [1.807, 2.05) is 0 Å². The molecule has 17 atom stereocenters. The highest BCUT2D eigenvalue weighted by atomic mass is 16.8. The zero-order valence-electron chi connectivity index (χ0n) is 68.0. The number of aliphatic hydroxyl groups excluding tert-OH is 11. The maximum Gasteiger partial charge on any atom is 0.220 e. The van der Waals surface area contributed by atoms with Crippen molar-refractivity contribution in [2.45, 2.75) is 523 Å². The molecule has 12 N–H and O–H groups in total. The van der Waals surface area contributed by atoms with Crippen molar-refractivity contribution in [3.05, 3.63) is 0 Å². The molecule has 1 amide bonds. The highest BCUT2D eigenvalue weighted by molar-refractivity contribution is 5.76. The molecule has 0 bridgehead atoms. The summed E-state index contributed by atoms with van der Waals surface area (Å²) in [5.41, 5.74) is 0. The van der Waals surface area contributed by atoms with Crippen molar-refractivity contribution in [1.29, 1.82) is 0 Å². The van der Waals surface area contributed by atoms with E-state index in [0.717, 1.165) is 44.9 Å². The van der Waals surface area contributed by atoms with Gasteiger partial charge < -0.3 is 89.9 Å². The molecule has 0 aliphatic carbocycles. The quantitative estimate of drug-likeness (QED) is 0.0252. The van der Waals surface area contributed by atoms with E-state index in [9.17, 15) is 61.0 Å². The number of amides is 1. The molecule has 630 valence electrons. The van der Waals surface area contributed by atoms with Crippen LogP contribution < -0.4 is 5.32 Å². The Morgan fingerprint density at radius 3 is 0.821 bits per heavy atom. The van der Waals surface area contributed by atoms with Crippen LogP contribution in [0.5, 0.6) is 0 Å². The Balaban J connectivity index is 1.32. The van der Waals surface area contributed by atoms with Crippen LogP contribution in [-0.4, -0.2) is 193 Å². The monoisotopic (exact) mass is 1520 g/mol. The van der Waals surface area contributed by atoms with Crippen molar-refractivity contribution in [2.75, 3.05) is 26.4 Å². The largest absolute Gasteiger partial charge is 0.394 e. The summed E-state index contributed by atoms with van der Waals surface area (Å²) in [4.78, 5) is 13.5. The first kappa shape index (κ1) is 99.0. The number of ether oxygens (including phenoxy) is 6. The second kappa shape index (κ2) is 68.2. The van der Waals surface area contributed by atoms with Gasteiger partial charge in [0.1, 0.15) is 73.2 Å². The minimum atomic E-state index is -1.97. The number of carbonyl (C=O) groups is 1. The molecule has 17 unspecified atom stereocenters. The van der Waals surface area contributed by atoms with Crippen LogP contribution in [-0.2, 0) is 33.2 Å². The molecule has 0 radical (unpaired) electrons. The number of aliphatic hydroxyl groups is 11. The lowest BCUT2D eigenvalue weighted by molar-refractivity contribution is -0.379. The van der Waals surface area contributed by atoms with E-state index in [4.69, 9.17) is 28.4 Å². The van der Waals surface area contributed by atoms with Crippen LogP contribution in [0.25, 0.3) is 0 Å². The fraction of sp³-hybridized carbons (Fsp3) is 0.989. The Labute approximate surface area is 646 Å². The van der Waals surface area contributed by atoms with Gasteiger partial charge in [0.2, 0.25) is 5.91 Å². The maximum atomic E-state index is 13.5. The summed E-state index contributed by atoms with van der Waals surface area (Å²) in [6.07, 6.45) is 55.0. The third-order valence-electron chi connectivity index (χ3n) is 23.2. The van der Waals surface area contributed by atoms with Gasteiger partial charge in [0.05, 0.1) is 38.6 Å². The first-order valence-corrected chi connectivity index (χ1v) is 45.3. The smallest absolute Gasteiger partial charge is 0.220 e. The van der Waals surface area contributed by atoms with Crippen LogP contribution in [0.15, 0.2) is 0 Å². The lowest BCUT2D eigenvalue weighted by Gasteiger charge is -2.48.